The van der Waals surface area contributed by atoms with Gasteiger partial charge in [0.05, 0.1) is 6.42 Å². The van der Waals surface area contributed by atoms with E-state index in [0.717, 1.165) is 5.52 Å². The maximum absolute atomic E-state index is 14.2. The Morgan fingerprint density at radius 1 is 0.759 bits per heavy atom. The van der Waals surface area contributed by atoms with Crippen molar-refractivity contribution in [2.75, 3.05) is 6.54 Å². The number of hydrogen-bond acceptors (Lipinski definition) is 8. The Morgan fingerprint density at radius 2 is 1.31 bits per heavy atom. The molecule has 7 atom stereocenters. The first-order valence-electron chi connectivity index (χ1n) is 18.5. The summed E-state index contributed by atoms with van der Waals surface area (Å²) in [5.74, 6) is -6.20. The largest absolute Gasteiger partial charge is 0.370 e. The van der Waals surface area contributed by atoms with Crippen molar-refractivity contribution in [2.24, 2.45) is 29.2 Å². The number of nitrogens with two attached hydrogens (primary N) is 2. The van der Waals surface area contributed by atoms with Crippen molar-refractivity contribution < 1.29 is 33.6 Å². The van der Waals surface area contributed by atoms with E-state index in [9.17, 15) is 33.6 Å². The highest BCUT2D eigenvalue weighted by atomic mass is 35.5. The number of primary amides is 1. The lowest BCUT2D eigenvalue weighted by Crippen LogP contribution is -2.63. The maximum atomic E-state index is 14.2. The van der Waals surface area contributed by atoms with Crippen molar-refractivity contribution in [3.63, 3.8) is 0 Å². The number of hydrogen-bond donors (Lipinski definition) is 9. The number of benzene rings is 1. The lowest BCUT2D eigenvalue weighted by Gasteiger charge is -2.31. The molecule has 1 aromatic carbocycles. The molecular formula is C37H56ClN9O7. The predicted octanol–water partition coefficient (Wildman–Crippen LogP) is 0.649. The molecule has 0 radical (unpaired) electrons. The van der Waals surface area contributed by atoms with Crippen molar-refractivity contribution >= 4 is 63.9 Å². The number of amides is 7. The molecule has 54 heavy (non-hydrogen) atoms. The summed E-state index contributed by atoms with van der Waals surface area (Å²) in [7, 11) is 0. The van der Waals surface area contributed by atoms with Gasteiger partial charge in [0.15, 0.2) is 0 Å². The number of aromatic amines is 1. The third kappa shape index (κ3) is 12.2. The van der Waals surface area contributed by atoms with E-state index in [2.05, 4.69) is 36.9 Å². The maximum Gasteiger partial charge on any atom is 0.243 e. The Hall–Kier alpha value is -4.70. The van der Waals surface area contributed by atoms with Gasteiger partial charge in [-0.25, -0.2) is 0 Å². The molecule has 1 unspecified atom stereocenters. The van der Waals surface area contributed by atoms with E-state index in [1.54, 1.807) is 45.2 Å². The standard InChI is InChI=1S/C37H56ClN9O7/c1-7-20(6)31-37(54)42-25(9-8-12-39)32(49)44-28(16-29(40)48)33(50)43-27(14-21-17-41-24-11-10-22(38)15-23(21)24)35(52)46-30(19(4)5)36(53)45-26(13-18(2)3)34(51)47-31/h10-11,15,17-20,25-28,30-31,41H,7-9,12-14,16,39H2,1-6H3,(H2,40,48)(H,42,54)(H,43,50)(H,44,49)(H,45,53)(H,46,52)(H,47,51)/t20?,25-,26+,27-,28+,30+,31-/m0/s1. The van der Waals surface area contributed by atoms with Gasteiger partial charge in [-0.05, 0) is 67.3 Å². The summed E-state index contributed by atoms with van der Waals surface area (Å²) in [6.45, 7) is 11.0. The van der Waals surface area contributed by atoms with Crippen LogP contribution in [0.4, 0.5) is 0 Å². The first kappa shape index (κ1) is 43.7. The molecule has 7 amide bonds. The molecule has 0 bridgehead atoms. The number of fused-ring (bicyclic) bond motifs is 1. The van der Waals surface area contributed by atoms with Crippen LogP contribution in [0.15, 0.2) is 24.4 Å². The summed E-state index contributed by atoms with van der Waals surface area (Å²) in [6, 6.07) is -2.30. The molecule has 1 saturated heterocycles. The summed E-state index contributed by atoms with van der Waals surface area (Å²) in [6.07, 6.45) is 2.01. The van der Waals surface area contributed by atoms with Crippen LogP contribution in [0.5, 0.6) is 0 Å². The molecule has 2 heterocycles. The minimum absolute atomic E-state index is 0.0520. The average Bonchev–Trinajstić information content (AvgIpc) is 3.49. The van der Waals surface area contributed by atoms with Crippen LogP contribution in [-0.2, 0) is 40.0 Å². The predicted molar refractivity (Wildman–Crippen MR) is 204 cm³/mol. The van der Waals surface area contributed by atoms with E-state index in [1.807, 2.05) is 20.8 Å². The second kappa shape index (κ2) is 20.1. The van der Waals surface area contributed by atoms with Crippen LogP contribution in [-0.4, -0.2) is 89.1 Å². The Morgan fingerprint density at radius 3 is 1.93 bits per heavy atom. The van der Waals surface area contributed by atoms with Gasteiger partial charge in [0.25, 0.3) is 0 Å². The minimum atomic E-state index is -1.55. The normalized spacial score (nSPS) is 24.5. The fraction of sp³-hybridized carbons (Fsp3) is 0.595. The second-order valence-electron chi connectivity index (χ2n) is 14.8. The molecule has 1 aliphatic rings. The molecule has 17 heteroatoms. The number of H-pyrrole nitrogens is 1. The molecule has 11 N–H and O–H groups in total. The van der Waals surface area contributed by atoms with Crippen molar-refractivity contribution in [1.82, 2.24) is 36.9 Å². The van der Waals surface area contributed by atoms with E-state index in [1.165, 1.54) is 0 Å². The molecule has 1 aliphatic heterocycles. The monoisotopic (exact) mass is 773 g/mol. The highest BCUT2D eigenvalue weighted by Gasteiger charge is 2.37. The molecule has 3 rings (SSSR count). The minimum Gasteiger partial charge on any atom is -0.370 e. The van der Waals surface area contributed by atoms with Gasteiger partial charge >= 0.3 is 0 Å². The summed E-state index contributed by atoms with van der Waals surface area (Å²) >= 11 is 6.27. The molecule has 0 aliphatic carbocycles. The molecule has 0 saturated carbocycles. The fourth-order valence-electron chi connectivity index (χ4n) is 6.27. The quantitative estimate of drug-likeness (QED) is 0.148. The molecule has 0 spiro atoms. The van der Waals surface area contributed by atoms with Crippen LogP contribution in [0.3, 0.4) is 0 Å². The highest BCUT2D eigenvalue weighted by Crippen LogP contribution is 2.24. The number of carbonyl (C=O) groups is 7. The third-order valence-corrected chi connectivity index (χ3v) is 9.77. The number of nitrogens with one attached hydrogen (secondary N) is 7. The van der Waals surface area contributed by atoms with Gasteiger partial charge < -0.3 is 48.4 Å². The molecule has 16 nitrogen and oxygen atoms in total. The van der Waals surface area contributed by atoms with Crippen LogP contribution in [0.1, 0.15) is 79.2 Å². The third-order valence-electron chi connectivity index (χ3n) is 9.53. The van der Waals surface area contributed by atoms with Crippen molar-refractivity contribution in [3.05, 3.63) is 35.0 Å². The molecule has 2 aromatic rings. The first-order chi connectivity index (χ1) is 25.4. The van der Waals surface area contributed by atoms with Crippen molar-refractivity contribution in [3.8, 4) is 0 Å². The van der Waals surface area contributed by atoms with Crippen LogP contribution < -0.4 is 43.4 Å². The second-order valence-corrected chi connectivity index (χ2v) is 15.2. The van der Waals surface area contributed by atoms with Crippen LogP contribution in [0.2, 0.25) is 5.02 Å². The Bertz CT molecular complexity index is 1680. The fourth-order valence-corrected chi connectivity index (χ4v) is 6.44. The number of rotatable bonds is 12. The van der Waals surface area contributed by atoms with E-state index in [0.29, 0.717) is 28.8 Å². The first-order valence-corrected chi connectivity index (χ1v) is 18.9. The summed E-state index contributed by atoms with van der Waals surface area (Å²) in [4.78, 5) is 98.8. The zero-order chi connectivity index (χ0) is 40.3. The molecule has 298 valence electrons. The van der Waals surface area contributed by atoms with Gasteiger partial charge in [-0.1, -0.05) is 59.6 Å². The summed E-state index contributed by atoms with van der Waals surface area (Å²) < 4.78 is 0. The van der Waals surface area contributed by atoms with E-state index < -0.39 is 95.9 Å². The number of carbonyl (C=O) groups excluding carboxylic acids is 7. The Labute approximate surface area is 320 Å². The van der Waals surface area contributed by atoms with Crippen LogP contribution in [0.25, 0.3) is 10.9 Å². The van der Waals surface area contributed by atoms with E-state index in [4.69, 9.17) is 23.1 Å². The smallest absolute Gasteiger partial charge is 0.243 e. The lowest BCUT2D eigenvalue weighted by atomic mass is 9.95. The van der Waals surface area contributed by atoms with Gasteiger partial charge in [-0.3, -0.25) is 33.6 Å². The van der Waals surface area contributed by atoms with E-state index in [-0.39, 0.29) is 31.7 Å². The zero-order valence-electron chi connectivity index (χ0n) is 31.8. The van der Waals surface area contributed by atoms with Crippen LogP contribution in [0, 0.1) is 17.8 Å². The van der Waals surface area contributed by atoms with Crippen molar-refractivity contribution in [1.29, 1.82) is 0 Å². The van der Waals surface area contributed by atoms with Gasteiger partial charge in [-0.15, -0.1) is 0 Å². The molecular weight excluding hydrogens is 718 g/mol. The topological polar surface area (TPSA) is 260 Å². The summed E-state index contributed by atoms with van der Waals surface area (Å²) in [5.41, 5.74) is 12.6. The van der Waals surface area contributed by atoms with Gasteiger partial charge in [0.2, 0.25) is 41.4 Å². The SMILES string of the molecule is CCC(C)[C@@H]1NC(=O)[C@@H](CC(C)C)NC(=O)[C@@H](C(C)C)NC(=O)[C@H](Cc2c[nH]c3ccc(Cl)cc23)NC(=O)[C@@H](CC(N)=O)NC(=O)[C@H](CCCN)NC1=O. The van der Waals surface area contributed by atoms with Gasteiger partial charge in [0, 0.05) is 28.5 Å². The molecule has 1 aromatic heterocycles. The summed E-state index contributed by atoms with van der Waals surface area (Å²) in [5, 5.41) is 17.3. The van der Waals surface area contributed by atoms with Gasteiger partial charge in [0.1, 0.15) is 36.3 Å². The zero-order valence-corrected chi connectivity index (χ0v) is 32.6. The van der Waals surface area contributed by atoms with E-state index >= 15 is 0 Å². The lowest BCUT2D eigenvalue weighted by molar-refractivity contribution is -0.138. The Kier molecular flexibility index (Phi) is 16.3. The molecule has 1 fully saturated rings. The number of aromatic nitrogens is 1. The van der Waals surface area contributed by atoms with Gasteiger partial charge in [-0.2, -0.15) is 0 Å². The highest BCUT2D eigenvalue weighted by molar-refractivity contribution is 6.31. The number of halogens is 1. The van der Waals surface area contributed by atoms with Crippen molar-refractivity contribution in [2.45, 2.75) is 116 Å². The Balaban J connectivity index is 2.15. The van der Waals surface area contributed by atoms with Crippen LogP contribution >= 0.6 is 11.6 Å². The average molecular weight is 774 g/mol.